The molecule has 2 rings (SSSR count). The summed E-state index contributed by atoms with van der Waals surface area (Å²) in [5.74, 6) is -0.651. The number of hydrogen-bond donors (Lipinski definition) is 0. The first-order valence-corrected chi connectivity index (χ1v) is 4.10. The minimum Gasteiger partial charge on any atom is -0.253 e. The van der Waals surface area contributed by atoms with Crippen molar-refractivity contribution in [3.8, 4) is 0 Å². The van der Waals surface area contributed by atoms with Gasteiger partial charge in [-0.15, -0.1) is 0 Å². The third kappa shape index (κ3) is 1.77. The topological polar surface area (TPSA) is 12.9 Å². The lowest BCUT2D eigenvalue weighted by Crippen LogP contribution is -2.06. The van der Waals surface area contributed by atoms with E-state index in [4.69, 9.17) is 0 Å². The molecular weight excluding hydrogens is 210 g/mol. The first-order valence-electron chi connectivity index (χ1n) is 4.10. The maximum atomic E-state index is 12.7. The molecule has 2 aromatic rings. The van der Waals surface area contributed by atoms with Gasteiger partial charge in [0.15, 0.2) is 0 Å². The van der Waals surface area contributed by atoms with Crippen molar-refractivity contribution in [2.45, 2.75) is 6.18 Å². The molecule has 0 fully saturated rings. The quantitative estimate of drug-likeness (QED) is 0.614. The Labute approximate surface area is 82.4 Å². The molecule has 0 aliphatic carbocycles. The summed E-state index contributed by atoms with van der Waals surface area (Å²) in [7, 11) is 0. The minimum absolute atomic E-state index is 0.143. The van der Waals surface area contributed by atoms with Crippen LogP contribution >= 0.6 is 0 Å². The second kappa shape index (κ2) is 3.18. The lowest BCUT2D eigenvalue weighted by molar-refractivity contribution is -0.136. The molecule has 15 heavy (non-hydrogen) atoms. The molecule has 5 heteroatoms. The molecule has 0 atom stereocenters. The number of rotatable bonds is 0. The van der Waals surface area contributed by atoms with E-state index in [1.165, 1.54) is 12.1 Å². The van der Waals surface area contributed by atoms with Gasteiger partial charge in [-0.3, -0.25) is 4.98 Å². The third-order valence-electron chi connectivity index (χ3n) is 1.98. The summed E-state index contributed by atoms with van der Waals surface area (Å²) in [4.78, 5) is 3.45. The average molecular weight is 215 g/mol. The van der Waals surface area contributed by atoms with Gasteiger partial charge in [0, 0.05) is 5.39 Å². The molecule has 1 nitrogen and oxygen atoms in total. The molecule has 0 saturated carbocycles. The van der Waals surface area contributed by atoms with E-state index in [-0.39, 0.29) is 10.9 Å². The van der Waals surface area contributed by atoms with Crippen molar-refractivity contribution in [2.24, 2.45) is 0 Å². The molecule has 0 unspecified atom stereocenters. The number of halogens is 4. The van der Waals surface area contributed by atoms with E-state index in [9.17, 15) is 17.6 Å². The van der Waals surface area contributed by atoms with Gasteiger partial charge < -0.3 is 0 Å². The van der Waals surface area contributed by atoms with E-state index in [1.807, 2.05) is 0 Å². The zero-order valence-electron chi connectivity index (χ0n) is 7.35. The zero-order valence-corrected chi connectivity index (χ0v) is 7.35. The number of pyridine rings is 1. The molecule has 0 saturated heterocycles. The highest BCUT2D eigenvalue weighted by Gasteiger charge is 2.32. The number of alkyl halides is 3. The first-order chi connectivity index (χ1) is 6.98. The summed E-state index contributed by atoms with van der Waals surface area (Å²) in [5.41, 5.74) is -1.08. The lowest BCUT2D eigenvalue weighted by atomic mass is 10.1. The second-order valence-corrected chi connectivity index (χ2v) is 3.03. The lowest BCUT2D eigenvalue weighted by Gasteiger charge is -2.08. The predicted molar refractivity (Wildman–Crippen MR) is 46.7 cm³/mol. The van der Waals surface area contributed by atoms with E-state index < -0.39 is 17.6 Å². The number of aromatic nitrogens is 1. The van der Waals surface area contributed by atoms with Gasteiger partial charge in [0.1, 0.15) is 5.82 Å². The van der Waals surface area contributed by atoms with Gasteiger partial charge in [0.25, 0.3) is 0 Å². The summed E-state index contributed by atoms with van der Waals surface area (Å²) in [6.45, 7) is 0. The highest BCUT2D eigenvalue weighted by molar-refractivity contribution is 5.82. The Bertz CT molecular complexity index is 504. The van der Waals surface area contributed by atoms with Gasteiger partial charge in [-0.1, -0.05) is 12.1 Å². The van der Waals surface area contributed by atoms with E-state index in [0.29, 0.717) is 0 Å². The Morgan fingerprint density at radius 2 is 1.87 bits per heavy atom. The van der Waals surface area contributed by atoms with Crippen LogP contribution in [-0.2, 0) is 6.18 Å². The normalized spacial score (nSPS) is 12.0. The standard InChI is InChI=1S/C10H5F4N/c11-7-4-6-2-1-3-8(10(12,13)14)9(6)15-5-7/h1-5H. The fourth-order valence-electron chi connectivity index (χ4n) is 1.36. The van der Waals surface area contributed by atoms with E-state index >= 15 is 0 Å². The van der Waals surface area contributed by atoms with Crippen LogP contribution in [0.4, 0.5) is 17.6 Å². The number of nitrogens with zero attached hydrogens (tertiary/aromatic N) is 1. The number of hydrogen-bond acceptors (Lipinski definition) is 1. The van der Waals surface area contributed by atoms with Crippen molar-refractivity contribution < 1.29 is 17.6 Å². The van der Waals surface area contributed by atoms with Crippen molar-refractivity contribution >= 4 is 10.9 Å². The molecule has 1 aromatic heterocycles. The van der Waals surface area contributed by atoms with Gasteiger partial charge >= 0.3 is 6.18 Å². The number of fused-ring (bicyclic) bond motifs is 1. The minimum atomic E-state index is -4.47. The zero-order chi connectivity index (χ0) is 11.1. The fourth-order valence-corrected chi connectivity index (χ4v) is 1.36. The van der Waals surface area contributed by atoms with Crippen LogP contribution in [0.15, 0.2) is 30.5 Å². The molecule has 78 valence electrons. The molecule has 0 amide bonds. The smallest absolute Gasteiger partial charge is 0.253 e. The Hall–Kier alpha value is -1.65. The molecule has 0 radical (unpaired) electrons. The molecular formula is C10H5F4N. The van der Waals surface area contributed by atoms with Crippen molar-refractivity contribution in [1.29, 1.82) is 0 Å². The largest absolute Gasteiger partial charge is 0.418 e. The van der Waals surface area contributed by atoms with Crippen molar-refractivity contribution in [2.75, 3.05) is 0 Å². The highest BCUT2D eigenvalue weighted by atomic mass is 19.4. The van der Waals surface area contributed by atoms with Crippen LogP contribution in [0.2, 0.25) is 0 Å². The monoisotopic (exact) mass is 215 g/mol. The van der Waals surface area contributed by atoms with E-state index in [1.54, 1.807) is 0 Å². The molecule has 0 bridgehead atoms. The van der Waals surface area contributed by atoms with Crippen LogP contribution in [0, 0.1) is 5.82 Å². The first kappa shape index (κ1) is 9.89. The summed E-state index contributed by atoms with van der Waals surface area (Å²) < 4.78 is 50.2. The van der Waals surface area contributed by atoms with Crippen LogP contribution < -0.4 is 0 Å². The van der Waals surface area contributed by atoms with E-state index in [0.717, 1.165) is 18.3 Å². The molecule has 0 spiro atoms. The van der Waals surface area contributed by atoms with Crippen molar-refractivity contribution in [3.05, 3.63) is 41.8 Å². The van der Waals surface area contributed by atoms with Gasteiger partial charge in [0.05, 0.1) is 17.3 Å². The van der Waals surface area contributed by atoms with E-state index in [2.05, 4.69) is 4.98 Å². The summed E-state index contributed by atoms with van der Waals surface area (Å²) in [5, 5.41) is 0.143. The third-order valence-corrected chi connectivity index (χ3v) is 1.98. The maximum Gasteiger partial charge on any atom is 0.418 e. The van der Waals surface area contributed by atoms with Gasteiger partial charge in [0.2, 0.25) is 0 Å². The molecule has 0 aliphatic rings. The number of para-hydroxylation sites is 1. The predicted octanol–water partition coefficient (Wildman–Crippen LogP) is 3.39. The van der Waals surface area contributed by atoms with Crippen LogP contribution in [0.3, 0.4) is 0 Å². The van der Waals surface area contributed by atoms with Crippen LogP contribution in [0.5, 0.6) is 0 Å². The SMILES string of the molecule is Fc1cnc2c(C(F)(F)F)cccc2c1. The van der Waals surface area contributed by atoms with Crippen LogP contribution in [0.1, 0.15) is 5.56 Å². The summed E-state index contributed by atoms with van der Waals surface area (Å²) in [6, 6.07) is 4.57. The van der Waals surface area contributed by atoms with Crippen molar-refractivity contribution in [3.63, 3.8) is 0 Å². The average Bonchev–Trinajstić information content (AvgIpc) is 2.15. The van der Waals surface area contributed by atoms with Gasteiger partial charge in [-0.2, -0.15) is 13.2 Å². The summed E-state index contributed by atoms with van der Waals surface area (Å²) in [6.07, 6.45) is -3.69. The Kier molecular flexibility index (Phi) is 2.10. The van der Waals surface area contributed by atoms with Gasteiger partial charge in [-0.25, -0.2) is 4.39 Å². The Balaban J connectivity index is 2.77. The molecule has 0 N–H and O–H groups in total. The summed E-state index contributed by atoms with van der Waals surface area (Å²) >= 11 is 0. The van der Waals surface area contributed by atoms with Crippen LogP contribution in [0.25, 0.3) is 10.9 Å². The molecule has 0 aliphatic heterocycles. The highest BCUT2D eigenvalue weighted by Crippen LogP contribution is 2.33. The van der Waals surface area contributed by atoms with Gasteiger partial charge in [-0.05, 0) is 12.1 Å². The number of benzene rings is 1. The fraction of sp³-hybridized carbons (Fsp3) is 0.100. The second-order valence-electron chi connectivity index (χ2n) is 3.03. The Morgan fingerprint density at radius 1 is 1.13 bits per heavy atom. The van der Waals surface area contributed by atoms with Crippen molar-refractivity contribution in [1.82, 2.24) is 4.98 Å². The van der Waals surface area contributed by atoms with Crippen LogP contribution in [-0.4, -0.2) is 4.98 Å². The maximum absolute atomic E-state index is 12.7. The molecule has 1 heterocycles. The molecule has 1 aromatic carbocycles. The Morgan fingerprint density at radius 3 is 2.53 bits per heavy atom.